The Labute approximate surface area is 126 Å². The van der Waals surface area contributed by atoms with Gasteiger partial charge in [-0.25, -0.2) is 4.98 Å². The van der Waals surface area contributed by atoms with Gasteiger partial charge in [-0.1, -0.05) is 18.2 Å². The highest BCUT2D eigenvalue weighted by Crippen LogP contribution is 2.19. The Kier molecular flexibility index (Phi) is 5.51. The highest BCUT2D eigenvalue weighted by molar-refractivity contribution is 5.33. The van der Waals surface area contributed by atoms with Crippen molar-refractivity contribution < 1.29 is 4.74 Å². The molecule has 1 heterocycles. The fourth-order valence-electron chi connectivity index (χ4n) is 2.17. The van der Waals surface area contributed by atoms with Crippen LogP contribution in [0.1, 0.15) is 18.2 Å². The van der Waals surface area contributed by atoms with Crippen LogP contribution in [-0.2, 0) is 13.1 Å². The van der Waals surface area contributed by atoms with E-state index in [2.05, 4.69) is 33.3 Å². The highest BCUT2D eigenvalue weighted by atomic mass is 16.5. The summed E-state index contributed by atoms with van der Waals surface area (Å²) in [5, 5.41) is 3.14. The van der Waals surface area contributed by atoms with Crippen LogP contribution in [0.3, 0.4) is 0 Å². The quantitative estimate of drug-likeness (QED) is 0.847. The maximum atomic E-state index is 5.38. The van der Waals surface area contributed by atoms with Crippen molar-refractivity contribution in [3.05, 3.63) is 47.9 Å². The number of hydrogen-bond acceptors (Lipinski definition) is 5. The number of rotatable bonds is 7. The molecule has 0 spiro atoms. The largest absolute Gasteiger partial charge is 0.496 e. The molecule has 0 aliphatic carbocycles. The summed E-state index contributed by atoms with van der Waals surface area (Å²) in [5.41, 5.74) is 2.12. The van der Waals surface area contributed by atoms with Crippen molar-refractivity contribution >= 4 is 5.82 Å². The molecule has 21 heavy (non-hydrogen) atoms. The fourth-order valence-corrected chi connectivity index (χ4v) is 2.17. The molecule has 0 saturated carbocycles. The monoisotopic (exact) mass is 286 g/mol. The van der Waals surface area contributed by atoms with Gasteiger partial charge in [0.2, 0.25) is 0 Å². The van der Waals surface area contributed by atoms with E-state index in [0.29, 0.717) is 0 Å². The molecule has 1 aromatic carbocycles. The lowest BCUT2D eigenvalue weighted by Crippen LogP contribution is -2.18. The molecule has 2 aromatic rings. The number of nitrogens with zero attached hydrogens (tertiary/aromatic N) is 3. The zero-order chi connectivity index (χ0) is 15.1. The van der Waals surface area contributed by atoms with Gasteiger partial charge in [-0.05, 0) is 20.0 Å². The molecule has 0 bridgehead atoms. The van der Waals surface area contributed by atoms with Crippen LogP contribution >= 0.6 is 0 Å². The Bertz CT molecular complexity index is 556. The Balaban J connectivity index is 1.96. The number of aromatic nitrogens is 2. The van der Waals surface area contributed by atoms with Crippen LogP contribution in [-0.4, -0.2) is 35.6 Å². The van der Waals surface area contributed by atoms with Gasteiger partial charge in [0, 0.05) is 25.2 Å². The lowest BCUT2D eigenvalue weighted by molar-refractivity contribution is 0.306. The summed E-state index contributed by atoms with van der Waals surface area (Å²) >= 11 is 0. The third kappa shape index (κ3) is 4.43. The van der Waals surface area contributed by atoms with E-state index in [9.17, 15) is 0 Å². The molecule has 0 radical (unpaired) electrons. The number of hydrogen-bond donors (Lipinski definition) is 1. The number of methoxy groups -OCH3 is 1. The average molecular weight is 286 g/mol. The molecule has 0 aliphatic rings. The minimum atomic E-state index is 0.747. The van der Waals surface area contributed by atoms with Crippen LogP contribution in [0, 0.1) is 0 Å². The molecule has 0 fully saturated rings. The smallest absolute Gasteiger partial charge is 0.144 e. The summed E-state index contributed by atoms with van der Waals surface area (Å²) in [6.45, 7) is 4.44. The molecule has 0 saturated heterocycles. The zero-order valence-electron chi connectivity index (χ0n) is 12.8. The second-order valence-corrected chi connectivity index (χ2v) is 4.91. The van der Waals surface area contributed by atoms with Crippen LogP contribution < -0.4 is 10.1 Å². The normalized spacial score (nSPS) is 10.7. The van der Waals surface area contributed by atoms with E-state index in [4.69, 9.17) is 4.74 Å². The zero-order valence-corrected chi connectivity index (χ0v) is 12.8. The van der Waals surface area contributed by atoms with Crippen LogP contribution in [0.4, 0.5) is 5.82 Å². The summed E-state index contributed by atoms with van der Waals surface area (Å²) < 4.78 is 5.38. The first-order chi connectivity index (χ1) is 10.2. The topological polar surface area (TPSA) is 50.3 Å². The van der Waals surface area contributed by atoms with E-state index in [1.54, 1.807) is 13.3 Å². The Morgan fingerprint density at radius 1 is 1.14 bits per heavy atom. The fraction of sp³-hybridized carbons (Fsp3) is 0.375. The number of anilines is 1. The summed E-state index contributed by atoms with van der Waals surface area (Å²) in [6, 6.07) is 8.06. The first kappa shape index (κ1) is 15.3. The van der Waals surface area contributed by atoms with Crippen LogP contribution in [0.15, 0.2) is 36.7 Å². The Morgan fingerprint density at radius 2 is 1.95 bits per heavy atom. The Morgan fingerprint density at radius 3 is 2.62 bits per heavy atom. The van der Waals surface area contributed by atoms with Crippen molar-refractivity contribution in [1.82, 2.24) is 14.9 Å². The van der Waals surface area contributed by atoms with Crippen molar-refractivity contribution in [2.24, 2.45) is 0 Å². The first-order valence-electron chi connectivity index (χ1n) is 7.08. The number of benzene rings is 1. The molecule has 112 valence electrons. The predicted octanol–water partition coefficient (Wildman–Crippen LogP) is 2.55. The van der Waals surface area contributed by atoms with Gasteiger partial charge in [0.15, 0.2) is 0 Å². The minimum absolute atomic E-state index is 0.747. The molecule has 2 rings (SSSR count). The van der Waals surface area contributed by atoms with E-state index in [1.165, 1.54) is 5.56 Å². The minimum Gasteiger partial charge on any atom is -0.496 e. The molecular weight excluding hydrogens is 264 g/mol. The standard InChI is InChI=1S/C16H22N4O/c1-4-17-16-10-18-14(9-19-16)12-20(2)11-13-7-5-6-8-15(13)21-3/h5-10H,4,11-12H2,1-3H3,(H,17,19). The third-order valence-corrected chi connectivity index (χ3v) is 3.13. The second kappa shape index (κ2) is 7.59. The number of nitrogens with one attached hydrogen (secondary N) is 1. The molecule has 0 amide bonds. The van der Waals surface area contributed by atoms with Gasteiger partial charge in [-0.3, -0.25) is 9.88 Å². The van der Waals surface area contributed by atoms with E-state index >= 15 is 0 Å². The molecular formula is C16H22N4O. The number of para-hydroxylation sites is 1. The van der Waals surface area contributed by atoms with Gasteiger partial charge in [-0.15, -0.1) is 0 Å². The lowest BCUT2D eigenvalue weighted by atomic mass is 10.2. The van der Waals surface area contributed by atoms with E-state index in [0.717, 1.165) is 36.9 Å². The summed E-state index contributed by atoms with van der Waals surface area (Å²) in [4.78, 5) is 11.0. The van der Waals surface area contributed by atoms with Crippen LogP contribution in [0.2, 0.25) is 0 Å². The van der Waals surface area contributed by atoms with E-state index < -0.39 is 0 Å². The van der Waals surface area contributed by atoms with Gasteiger partial charge in [0.1, 0.15) is 11.6 Å². The molecule has 0 unspecified atom stereocenters. The van der Waals surface area contributed by atoms with Crippen LogP contribution in [0.5, 0.6) is 5.75 Å². The lowest BCUT2D eigenvalue weighted by Gasteiger charge is -2.18. The van der Waals surface area contributed by atoms with Crippen molar-refractivity contribution in [2.45, 2.75) is 20.0 Å². The van der Waals surface area contributed by atoms with Crippen molar-refractivity contribution in [3.8, 4) is 5.75 Å². The van der Waals surface area contributed by atoms with Gasteiger partial charge in [-0.2, -0.15) is 0 Å². The summed E-state index contributed by atoms with van der Waals surface area (Å²) in [5.74, 6) is 1.73. The highest BCUT2D eigenvalue weighted by Gasteiger charge is 2.07. The van der Waals surface area contributed by atoms with Gasteiger partial charge < -0.3 is 10.1 Å². The van der Waals surface area contributed by atoms with E-state index in [-0.39, 0.29) is 0 Å². The van der Waals surface area contributed by atoms with Crippen molar-refractivity contribution in [1.29, 1.82) is 0 Å². The maximum Gasteiger partial charge on any atom is 0.144 e. The number of ether oxygens (including phenoxy) is 1. The summed E-state index contributed by atoms with van der Waals surface area (Å²) in [6.07, 6.45) is 3.59. The van der Waals surface area contributed by atoms with Gasteiger partial charge in [0.25, 0.3) is 0 Å². The molecule has 5 nitrogen and oxygen atoms in total. The molecule has 0 aliphatic heterocycles. The predicted molar refractivity (Wildman–Crippen MR) is 84.4 cm³/mol. The van der Waals surface area contributed by atoms with E-state index in [1.807, 2.05) is 31.3 Å². The second-order valence-electron chi connectivity index (χ2n) is 4.91. The maximum absolute atomic E-state index is 5.38. The average Bonchev–Trinajstić information content (AvgIpc) is 2.50. The molecule has 0 atom stereocenters. The molecule has 1 aromatic heterocycles. The third-order valence-electron chi connectivity index (χ3n) is 3.13. The van der Waals surface area contributed by atoms with Gasteiger partial charge in [0.05, 0.1) is 25.2 Å². The molecule has 1 N–H and O–H groups in total. The van der Waals surface area contributed by atoms with Crippen LogP contribution in [0.25, 0.3) is 0 Å². The Hall–Kier alpha value is -2.14. The summed E-state index contributed by atoms with van der Waals surface area (Å²) in [7, 11) is 3.76. The first-order valence-corrected chi connectivity index (χ1v) is 7.08. The molecule has 5 heteroatoms. The SMILES string of the molecule is CCNc1cnc(CN(C)Cc2ccccc2OC)cn1. The van der Waals surface area contributed by atoms with Crippen molar-refractivity contribution in [2.75, 3.05) is 26.0 Å². The van der Waals surface area contributed by atoms with Gasteiger partial charge >= 0.3 is 0 Å². The van der Waals surface area contributed by atoms with Crippen molar-refractivity contribution in [3.63, 3.8) is 0 Å².